The molecule has 1 spiro atoms. The zero-order chi connectivity index (χ0) is 17.3. The van der Waals surface area contributed by atoms with Crippen LogP contribution in [-0.4, -0.2) is 65.9 Å². The number of carbonyl (C=O) groups excluding carboxylic acids is 3. The number of imide groups is 1. The summed E-state index contributed by atoms with van der Waals surface area (Å²) in [7, 11) is 2.07. The summed E-state index contributed by atoms with van der Waals surface area (Å²) in [5.41, 5.74) is -0.789. The van der Waals surface area contributed by atoms with E-state index in [1.807, 2.05) is 6.92 Å². The van der Waals surface area contributed by atoms with E-state index in [2.05, 4.69) is 22.6 Å². The van der Waals surface area contributed by atoms with Crippen LogP contribution in [0.5, 0.6) is 0 Å². The minimum atomic E-state index is -0.789. The van der Waals surface area contributed by atoms with E-state index in [-0.39, 0.29) is 30.3 Å². The highest BCUT2D eigenvalue weighted by Gasteiger charge is 2.55. The van der Waals surface area contributed by atoms with Gasteiger partial charge in [0.2, 0.25) is 5.91 Å². The molecule has 3 fully saturated rings. The van der Waals surface area contributed by atoms with Crippen LogP contribution in [0.4, 0.5) is 4.79 Å². The van der Waals surface area contributed by atoms with Gasteiger partial charge in [0.1, 0.15) is 12.1 Å². The smallest absolute Gasteiger partial charge is 0.325 e. The van der Waals surface area contributed by atoms with Crippen molar-refractivity contribution in [2.45, 2.75) is 57.0 Å². The van der Waals surface area contributed by atoms with Crippen molar-refractivity contribution in [1.29, 1.82) is 0 Å². The van der Waals surface area contributed by atoms with E-state index in [0.717, 1.165) is 50.1 Å². The number of hydrogen-bond donors (Lipinski definition) is 2. The lowest BCUT2D eigenvalue weighted by Crippen LogP contribution is -2.54. The molecule has 2 atom stereocenters. The number of urea groups is 1. The molecule has 3 aliphatic rings. The molecule has 134 valence electrons. The molecule has 0 bridgehead atoms. The summed E-state index contributed by atoms with van der Waals surface area (Å²) >= 11 is 0. The SMILES string of the molecule is CC1CCCCC12NC(=O)N(CC(=O)NC1CCN(C)CC1)C2=O. The molecule has 0 radical (unpaired) electrons. The number of carbonyl (C=O) groups is 3. The molecule has 2 heterocycles. The molecular formula is C17H28N4O3. The summed E-state index contributed by atoms with van der Waals surface area (Å²) in [5, 5.41) is 5.85. The van der Waals surface area contributed by atoms with E-state index in [4.69, 9.17) is 0 Å². The number of hydrogen-bond acceptors (Lipinski definition) is 4. The lowest BCUT2D eigenvalue weighted by molar-refractivity contribution is -0.137. The Labute approximate surface area is 143 Å². The summed E-state index contributed by atoms with van der Waals surface area (Å²) in [4.78, 5) is 40.7. The number of likely N-dealkylation sites (tertiary alicyclic amines) is 1. The van der Waals surface area contributed by atoms with E-state index in [9.17, 15) is 14.4 Å². The summed E-state index contributed by atoms with van der Waals surface area (Å²) in [6.45, 7) is 3.74. The normalized spacial score (nSPS) is 32.2. The van der Waals surface area contributed by atoms with Gasteiger partial charge >= 0.3 is 6.03 Å². The van der Waals surface area contributed by atoms with Crippen LogP contribution in [0.25, 0.3) is 0 Å². The van der Waals surface area contributed by atoms with E-state index >= 15 is 0 Å². The van der Waals surface area contributed by atoms with Crippen molar-refractivity contribution < 1.29 is 14.4 Å². The minimum absolute atomic E-state index is 0.115. The minimum Gasteiger partial charge on any atom is -0.352 e. The number of nitrogens with zero attached hydrogens (tertiary/aromatic N) is 2. The molecule has 0 aromatic carbocycles. The maximum Gasteiger partial charge on any atom is 0.325 e. The van der Waals surface area contributed by atoms with Gasteiger partial charge in [-0.05, 0) is 51.7 Å². The standard InChI is InChI=1S/C17H28N4O3/c1-12-5-3-4-8-17(12)15(23)21(16(24)19-17)11-14(22)18-13-6-9-20(2)10-7-13/h12-13H,3-11H2,1-2H3,(H,18,22)(H,19,24). The highest BCUT2D eigenvalue weighted by atomic mass is 16.2. The van der Waals surface area contributed by atoms with Gasteiger partial charge in [0.05, 0.1) is 0 Å². The van der Waals surface area contributed by atoms with Crippen molar-refractivity contribution in [2.75, 3.05) is 26.7 Å². The molecular weight excluding hydrogens is 308 g/mol. The van der Waals surface area contributed by atoms with Gasteiger partial charge in [0.25, 0.3) is 5.91 Å². The number of rotatable bonds is 3. The Morgan fingerprint density at radius 3 is 2.62 bits per heavy atom. The van der Waals surface area contributed by atoms with Gasteiger partial charge < -0.3 is 15.5 Å². The Balaban J connectivity index is 1.59. The predicted molar refractivity (Wildman–Crippen MR) is 89.3 cm³/mol. The predicted octanol–water partition coefficient (Wildman–Crippen LogP) is 0.698. The van der Waals surface area contributed by atoms with Crippen LogP contribution in [0.15, 0.2) is 0 Å². The van der Waals surface area contributed by atoms with Crippen molar-refractivity contribution in [1.82, 2.24) is 20.4 Å². The molecule has 1 saturated carbocycles. The van der Waals surface area contributed by atoms with Crippen LogP contribution in [0, 0.1) is 5.92 Å². The largest absolute Gasteiger partial charge is 0.352 e. The topological polar surface area (TPSA) is 81.8 Å². The fourth-order valence-electron chi connectivity index (χ4n) is 4.21. The summed E-state index contributed by atoms with van der Waals surface area (Å²) in [6.07, 6.45) is 5.44. The van der Waals surface area contributed by atoms with Crippen LogP contribution in [-0.2, 0) is 9.59 Å². The second kappa shape index (κ2) is 6.70. The summed E-state index contributed by atoms with van der Waals surface area (Å²) in [6, 6.07) is -0.288. The Hall–Kier alpha value is -1.63. The van der Waals surface area contributed by atoms with Crippen molar-refractivity contribution in [3.63, 3.8) is 0 Å². The van der Waals surface area contributed by atoms with Gasteiger partial charge in [0.15, 0.2) is 0 Å². The van der Waals surface area contributed by atoms with Gasteiger partial charge in [-0.3, -0.25) is 14.5 Å². The zero-order valence-electron chi connectivity index (χ0n) is 14.6. The third-order valence-electron chi connectivity index (χ3n) is 5.89. The quantitative estimate of drug-likeness (QED) is 0.743. The maximum atomic E-state index is 12.8. The molecule has 2 saturated heterocycles. The first kappa shape index (κ1) is 17.2. The van der Waals surface area contributed by atoms with E-state index in [0.29, 0.717) is 6.42 Å². The molecule has 3 rings (SSSR count). The van der Waals surface area contributed by atoms with Crippen LogP contribution in [0.3, 0.4) is 0 Å². The van der Waals surface area contributed by atoms with Gasteiger partial charge in [-0.1, -0.05) is 19.8 Å². The first-order valence-electron chi connectivity index (χ1n) is 9.04. The second-order valence-corrected chi connectivity index (χ2v) is 7.58. The lowest BCUT2D eigenvalue weighted by Gasteiger charge is -2.36. The van der Waals surface area contributed by atoms with Gasteiger partial charge in [-0.2, -0.15) is 0 Å². The zero-order valence-corrected chi connectivity index (χ0v) is 14.6. The third-order valence-corrected chi connectivity index (χ3v) is 5.89. The molecule has 0 aromatic heterocycles. The first-order valence-corrected chi connectivity index (χ1v) is 9.04. The van der Waals surface area contributed by atoms with Crippen LogP contribution in [0.2, 0.25) is 0 Å². The van der Waals surface area contributed by atoms with Crippen LogP contribution >= 0.6 is 0 Å². The number of piperidine rings is 1. The van der Waals surface area contributed by atoms with Gasteiger partial charge in [-0.25, -0.2) is 4.79 Å². The Morgan fingerprint density at radius 2 is 1.96 bits per heavy atom. The number of amides is 4. The Bertz CT molecular complexity index is 530. The van der Waals surface area contributed by atoms with Crippen molar-refractivity contribution in [2.24, 2.45) is 5.92 Å². The first-order chi connectivity index (χ1) is 11.4. The monoisotopic (exact) mass is 336 g/mol. The molecule has 2 N–H and O–H groups in total. The van der Waals surface area contributed by atoms with Crippen molar-refractivity contribution in [3.8, 4) is 0 Å². The molecule has 2 aliphatic heterocycles. The molecule has 1 aliphatic carbocycles. The maximum absolute atomic E-state index is 12.8. The van der Waals surface area contributed by atoms with Gasteiger partial charge in [0, 0.05) is 6.04 Å². The highest BCUT2D eigenvalue weighted by Crippen LogP contribution is 2.38. The molecule has 0 aromatic rings. The molecule has 24 heavy (non-hydrogen) atoms. The summed E-state index contributed by atoms with van der Waals surface area (Å²) < 4.78 is 0. The molecule has 7 nitrogen and oxygen atoms in total. The van der Waals surface area contributed by atoms with E-state index in [1.54, 1.807) is 0 Å². The van der Waals surface area contributed by atoms with Crippen molar-refractivity contribution >= 4 is 17.8 Å². The van der Waals surface area contributed by atoms with Crippen molar-refractivity contribution in [3.05, 3.63) is 0 Å². The summed E-state index contributed by atoms with van der Waals surface area (Å²) in [5.74, 6) is -0.351. The Morgan fingerprint density at radius 1 is 1.25 bits per heavy atom. The number of nitrogens with one attached hydrogen (secondary N) is 2. The molecule has 2 unspecified atom stereocenters. The van der Waals surface area contributed by atoms with Crippen LogP contribution < -0.4 is 10.6 Å². The average molecular weight is 336 g/mol. The fraction of sp³-hybridized carbons (Fsp3) is 0.824. The van der Waals surface area contributed by atoms with E-state index < -0.39 is 11.6 Å². The molecule has 4 amide bonds. The third kappa shape index (κ3) is 3.14. The molecule has 7 heteroatoms. The lowest BCUT2D eigenvalue weighted by atomic mass is 9.73. The van der Waals surface area contributed by atoms with Crippen LogP contribution in [0.1, 0.15) is 45.4 Å². The van der Waals surface area contributed by atoms with E-state index in [1.165, 1.54) is 0 Å². The fourth-order valence-corrected chi connectivity index (χ4v) is 4.21. The highest BCUT2D eigenvalue weighted by molar-refractivity contribution is 6.09. The second-order valence-electron chi connectivity index (χ2n) is 7.58. The average Bonchev–Trinajstić information content (AvgIpc) is 2.78. The Kier molecular flexibility index (Phi) is 4.80. The van der Waals surface area contributed by atoms with Gasteiger partial charge in [-0.15, -0.1) is 0 Å².